The van der Waals surface area contributed by atoms with Gasteiger partial charge in [-0.3, -0.25) is 0 Å². The largest absolute Gasteiger partial charge is 0.417 e. The highest BCUT2D eigenvalue weighted by atomic mass is 19.4. The van der Waals surface area contributed by atoms with Crippen molar-refractivity contribution >= 4 is 49.3 Å². The van der Waals surface area contributed by atoms with Crippen LogP contribution in [0.1, 0.15) is 55.6 Å². The molecule has 2 heterocycles. The zero-order chi connectivity index (χ0) is 76.3. The van der Waals surface area contributed by atoms with Crippen LogP contribution in [0, 0.1) is 6.57 Å². The highest BCUT2D eigenvalue weighted by Gasteiger charge is 2.45. The molecule has 104 heavy (non-hydrogen) atoms. The van der Waals surface area contributed by atoms with Gasteiger partial charge in [0.05, 0.1) is 95.6 Å². The van der Waals surface area contributed by atoms with Gasteiger partial charge in [-0.25, -0.2) is 4.85 Å². The van der Waals surface area contributed by atoms with Crippen LogP contribution in [0.3, 0.4) is 0 Å². The smallest absolute Gasteiger partial charge is 0.308 e. The average Bonchev–Trinajstić information content (AvgIpc) is 1.52. The van der Waals surface area contributed by atoms with Crippen LogP contribution in [0.4, 0.5) is 137 Å². The average molecular weight is 1490 g/mol. The van der Waals surface area contributed by atoms with Gasteiger partial charge in [-0.1, -0.05) is 54.6 Å². The maximum absolute atomic E-state index is 15.4. The first-order chi connectivity index (χ1) is 47.8. The topological polar surface area (TPSA) is 14.2 Å². The van der Waals surface area contributed by atoms with E-state index in [1.54, 1.807) is 0 Å². The van der Waals surface area contributed by atoms with Gasteiger partial charge in [-0.05, 0) is 177 Å². The zero-order valence-corrected chi connectivity index (χ0v) is 50.4. The maximum atomic E-state index is 15.4. The molecular formula is C71H29F30N3. The van der Waals surface area contributed by atoms with E-state index in [0.717, 1.165) is 81.9 Å². The fourth-order valence-electron chi connectivity index (χ4n) is 12.5. The van der Waals surface area contributed by atoms with E-state index in [4.69, 9.17) is 6.57 Å². The Balaban J connectivity index is 1.26. The van der Waals surface area contributed by atoms with Crippen molar-refractivity contribution in [3.05, 3.63) is 243 Å². The molecule has 538 valence electrons. The van der Waals surface area contributed by atoms with Crippen LogP contribution in [0.15, 0.2) is 176 Å². The van der Waals surface area contributed by atoms with Crippen LogP contribution in [0.2, 0.25) is 0 Å². The zero-order valence-electron chi connectivity index (χ0n) is 50.4. The van der Waals surface area contributed by atoms with Gasteiger partial charge in [0.15, 0.2) is 5.69 Å². The summed E-state index contributed by atoms with van der Waals surface area (Å²) in [5.74, 6) is 0. The molecule has 0 amide bonds. The molecule has 0 unspecified atom stereocenters. The first-order valence-corrected chi connectivity index (χ1v) is 29.0. The van der Waals surface area contributed by atoms with Crippen molar-refractivity contribution in [2.45, 2.75) is 61.8 Å². The first-order valence-electron chi connectivity index (χ1n) is 29.0. The Bertz CT molecular complexity index is 5270. The van der Waals surface area contributed by atoms with Crippen LogP contribution in [0.25, 0.3) is 115 Å². The molecule has 0 atom stereocenters. The number of nitrogens with zero attached hydrogens (tertiary/aromatic N) is 3. The number of alkyl halides is 30. The number of rotatable bonds is 7. The Labute approximate surface area is 560 Å². The minimum absolute atomic E-state index is 0.145. The molecule has 12 aromatic rings. The second-order valence-corrected chi connectivity index (χ2v) is 23.3. The molecule has 0 spiro atoms. The lowest BCUT2D eigenvalue weighted by molar-refractivity contribution is -0.144. The summed E-state index contributed by atoms with van der Waals surface area (Å²) in [6.45, 7) is 8.42. The van der Waals surface area contributed by atoms with Crippen molar-refractivity contribution in [1.82, 2.24) is 9.13 Å². The minimum atomic E-state index is -5.80. The van der Waals surface area contributed by atoms with Crippen molar-refractivity contribution < 1.29 is 132 Å². The van der Waals surface area contributed by atoms with Crippen molar-refractivity contribution in [2.75, 3.05) is 0 Å². The first kappa shape index (κ1) is 73.0. The highest BCUT2D eigenvalue weighted by Crippen LogP contribution is 2.53. The summed E-state index contributed by atoms with van der Waals surface area (Å²) < 4.78 is 439. The van der Waals surface area contributed by atoms with Crippen molar-refractivity contribution in [3.63, 3.8) is 0 Å². The van der Waals surface area contributed by atoms with Crippen LogP contribution in [-0.2, 0) is 61.8 Å². The van der Waals surface area contributed by atoms with E-state index in [0.29, 0.717) is 36.4 Å². The third-order valence-corrected chi connectivity index (χ3v) is 17.0. The molecule has 0 radical (unpaired) electrons. The standard InChI is InChI=1S/C71H29F30N3/c1-102-55-30-61(104-58-18-4-33(42-13-8-37(64(78,79)80)26-52(42)69(93,94)95)22-48(58)49-23-34(5-19-59(49)104)43-14-9-38(65(81,82)83)27-53(43)70(96,97)98)60(29-45(55)44-15-10-39(66(84,85)86)28-54(44)71(99,100)101)103-56-16-2-31(40-11-6-35(62(72,73)74)24-50(40)67(87,88)89)20-46(56)47-21-32(3-17-57(47)103)41-12-7-36(63(75,76)77)25-51(41)68(90,91)92/h2-30H. The monoisotopic (exact) mass is 1490 g/mol. The van der Waals surface area contributed by atoms with Crippen molar-refractivity contribution in [3.8, 4) is 67.0 Å². The summed E-state index contributed by atoms with van der Waals surface area (Å²) in [5, 5.41) is -1.96. The Morgan fingerprint density at radius 3 is 0.635 bits per heavy atom. The number of benzene rings is 10. The van der Waals surface area contributed by atoms with E-state index >= 15 is 39.5 Å². The summed E-state index contributed by atoms with van der Waals surface area (Å²) in [6, 6.07) is 12.8. The quantitative estimate of drug-likeness (QED) is 0.112. The van der Waals surface area contributed by atoms with E-state index < -0.39 is 234 Å². The van der Waals surface area contributed by atoms with E-state index in [9.17, 15) is 92.2 Å². The van der Waals surface area contributed by atoms with Gasteiger partial charge in [0, 0.05) is 21.5 Å². The van der Waals surface area contributed by atoms with Crippen LogP contribution in [0.5, 0.6) is 0 Å². The van der Waals surface area contributed by atoms with Gasteiger partial charge in [-0.2, -0.15) is 132 Å². The Morgan fingerprint density at radius 1 is 0.212 bits per heavy atom. The Hall–Kier alpha value is -10.8. The van der Waals surface area contributed by atoms with Crippen LogP contribution in [-0.4, -0.2) is 9.13 Å². The SMILES string of the molecule is [C-]#[N+]c1cc(-n2c3ccc(-c4ccc(C(F)(F)F)cc4C(F)(F)F)cc3c3cc(-c4ccc(C(F)(F)F)cc4C(F)(F)F)ccc32)c(-n2c3ccc(-c4ccc(C(F)(F)F)cc4C(F)(F)F)cc3c3cc(-c4ccc(C(F)(F)F)cc4C(F)(F)F)ccc32)cc1-c1ccc(C(F)(F)F)cc1C(F)(F)F. The van der Waals surface area contributed by atoms with Gasteiger partial charge < -0.3 is 9.13 Å². The molecule has 12 rings (SSSR count). The van der Waals surface area contributed by atoms with Crippen LogP contribution < -0.4 is 0 Å². The van der Waals surface area contributed by atoms with Gasteiger partial charge in [-0.15, -0.1) is 0 Å². The number of halogens is 30. The minimum Gasteiger partial charge on any atom is -0.308 e. The maximum Gasteiger partial charge on any atom is 0.417 e. The third kappa shape index (κ3) is 13.3. The second-order valence-electron chi connectivity index (χ2n) is 23.3. The van der Waals surface area contributed by atoms with Crippen molar-refractivity contribution in [2.24, 2.45) is 0 Å². The van der Waals surface area contributed by atoms with E-state index in [1.807, 2.05) is 0 Å². The summed E-state index contributed by atoms with van der Waals surface area (Å²) >= 11 is 0. The lowest BCUT2D eigenvalue weighted by atomic mass is 9.94. The molecule has 0 bridgehead atoms. The molecule has 3 nitrogen and oxygen atoms in total. The number of aromatic nitrogens is 2. The van der Waals surface area contributed by atoms with Gasteiger partial charge in [0.1, 0.15) is 0 Å². The summed E-state index contributed by atoms with van der Waals surface area (Å²) in [7, 11) is 0. The number of hydrogen-bond donors (Lipinski definition) is 0. The summed E-state index contributed by atoms with van der Waals surface area (Å²) in [5.41, 5.74) is -32.4. The number of fused-ring (bicyclic) bond motifs is 6. The molecule has 0 fully saturated rings. The molecule has 0 saturated carbocycles. The molecule has 0 saturated heterocycles. The molecule has 0 aliphatic rings. The fourth-order valence-corrected chi connectivity index (χ4v) is 12.5. The van der Waals surface area contributed by atoms with E-state index in [-0.39, 0.29) is 66.7 Å². The molecule has 0 aliphatic carbocycles. The molecule has 33 heteroatoms. The normalized spacial score (nSPS) is 13.5. The molecule has 2 aromatic heterocycles. The molecular weight excluding hydrogens is 1460 g/mol. The summed E-state index contributed by atoms with van der Waals surface area (Å²) in [4.78, 5) is 3.37. The number of hydrogen-bond acceptors (Lipinski definition) is 0. The lowest BCUT2D eigenvalue weighted by Gasteiger charge is -2.22. The predicted octanol–water partition coefficient (Wildman–Crippen LogP) is 27.0. The van der Waals surface area contributed by atoms with Gasteiger partial charge in [0.2, 0.25) is 0 Å². The fraction of sp³-hybridized carbons (Fsp3) is 0.141. The van der Waals surface area contributed by atoms with Gasteiger partial charge >= 0.3 is 61.8 Å². The molecule has 10 aromatic carbocycles. The molecule has 0 aliphatic heterocycles. The lowest BCUT2D eigenvalue weighted by Crippen LogP contribution is -2.12. The molecule has 0 N–H and O–H groups in total. The Kier molecular flexibility index (Phi) is 16.9. The third-order valence-electron chi connectivity index (χ3n) is 17.0. The van der Waals surface area contributed by atoms with E-state index in [2.05, 4.69) is 4.85 Å². The summed E-state index contributed by atoms with van der Waals surface area (Å²) in [6.07, 6.45) is -55.5. The Morgan fingerprint density at radius 2 is 0.423 bits per heavy atom. The van der Waals surface area contributed by atoms with Crippen LogP contribution >= 0.6 is 0 Å². The predicted molar refractivity (Wildman–Crippen MR) is 319 cm³/mol. The van der Waals surface area contributed by atoms with Gasteiger partial charge in [0.25, 0.3) is 0 Å². The van der Waals surface area contributed by atoms with Crippen molar-refractivity contribution in [1.29, 1.82) is 0 Å². The second kappa shape index (κ2) is 24.1. The highest BCUT2D eigenvalue weighted by molar-refractivity contribution is 6.15. The van der Waals surface area contributed by atoms with E-state index in [1.165, 1.54) is 0 Å².